The Kier molecular flexibility index (Phi) is 3.87. The van der Waals surface area contributed by atoms with Crippen molar-refractivity contribution in [3.8, 4) is 0 Å². The van der Waals surface area contributed by atoms with E-state index < -0.39 is 5.66 Å². The maximum Gasteiger partial charge on any atom is 0.165 e. The summed E-state index contributed by atoms with van der Waals surface area (Å²) < 4.78 is 0. The van der Waals surface area contributed by atoms with Gasteiger partial charge in [-0.25, -0.2) is 0 Å². The van der Waals surface area contributed by atoms with E-state index in [2.05, 4.69) is 63.7 Å². The van der Waals surface area contributed by atoms with Gasteiger partial charge in [0.2, 0.25) is 0 Å². The molecule has 0 bridgehead atoms. The first-order chi connectivity index (χ1) is 13.3. The van der Waals surface area contributed by atoms with Crippen LogP contribution in [0.25, 0.3) is 0 Å². The van der Waals surface area contributed by atoms with E-state index in [-0.39, 0.29) is 0 Å². The summed E-state index contributed by atoms with van der Waals surface area (Å²) in [5.74, 6) is 1.04. The molecule has 0 amide bonds. The molecule has 0 saturated carbocycles. The highest BCUT2D eigenvalue weighted by Gasteiger charge is 2.46. The number of amidine groups is 1. The fourth-order valence-corrected chi connectivity index (χ4v) is 4.24. The Morgan fingerprint density at radius 1 is 0.926 bits per heavy atom. The Bertz CT molecular complexity index is 1000. The number of rotatable bonds is 2. The second kappa shape index (κ2) is 6.39. The average molecular weight is 375 g/mol. The van der Waals surface area contributed by atoms with Gasteiger partial charge in [-0.05, 0) is 42.8 Å². The highest BCUT2D eigenvalue weighted by atomic mass is 35.5. The maximum atomic E-state index is 6.19. The fraction of sp³-hybridized carbons (Fsp3) is 0.182. The van der Waals surface area contributed by atoms with E-state index in [0.29, 0.717) is 0 Å². The van der Waals surface area contributed by atoms with E-state index in [4.69, 9.17) is 16.6 Å². The molecular formula is C22H19ClN4. The van der Waals surface area contributed by atoms with Crippen LogP contribution in [-0.4, -0.2) is 28.8 Å². The van der Waals surface area contributed by atoms with Gasteiger partial charge >= 0.3 is 0 Å². The summed E-state index contributed by atoms with van der Waals surface area (Å²) in [7, 11) is 0. The van der Waals surface area contributed by atoms with Crippen LogP contribution in [0.4, 0.5) is 5.69 Å². The number of halogens is 1. The highest BCUT2D eigenvalue weighted by molar-refractivity contribution is 6.30. The van der Waals surface area contributed by atoms with Crippen LogP contribution in [-0.2, 0) is 5.66 Å². The number of aromatic nitrogens is 1. The van der Waals surface area contributed by atoms with Gasteiger partial charge in [-0.15, -0.1) is 0 Å². The van der Waals surface area contributed by atoms with Crippen molar-refractivity contribution in [3.05, 3.63) is 94.8 Å². The summed E-state index contributed by atoms with van der Waals surface area (Å²) >= 11 is 6.19. The summed E-state index contributed by atoms with van der Waals surface area (Å²) in [4.78, 5) is 11.5. The molecule has 3 heterocycles. The van der Waals surface area contributed by atoms with Crippen molar-refractivity contribution in [2.45, 2.75) is 12.1 Å². The van der Waals surface area contributed by atoms with E-state index in [1.54, 1.807) is 0 Å². The Hall–Kier alpha value is -2.85. The molecule has 1 aromatic heterocycles. The number of hydrogen-bond acceptors (Lipinski definition) is 4. The van der Waals surface area contributed by atoms with Crippen LogP contribution >= 0.6 is 11.6 Å². The maximum absolute atomic E-state index is 6.19. The third kappa shape index (κ3) is 2.52. The second-order valence-corrected chi connectivity index (χ2v) is 7.27. The lowest BCUT2D eigenvalue weighted by atomic mass is 9.85. The largest absolute Gasteiger partial charge is 0.354 e. The van der Waals surface area contributed by atoms with Crippen LogP contribution in [0.15, 0.2) is 78.0 Å². The Morgan fingerprint density at radius 2 is 1.67 bits per heavy atom. The molecule has 1 N–H and O–H groups in total. The SMILES string of the molecule is Clc1ccc(C2(c3ccncc3)Nc3ccccc3C3=NCCCN32)cc1. The number of para-hydroxylation sites is 1. The zero-order valence-electron chi connectivity index (χ0n) is 14.8. The quantitative estimate of drug-likeness (QED) is 0.717. The molecule has 2 aliphatic rings. The molecule has 0 radical (unpaired) electrons. The third-order valence-corrected chi connectivity index (χ3v) is 5.56. The molecule has 134 valence electrons. The smallest absolute Gasteiger partial charge is 0.165 e. The summed E-state index contributed by atoms with van der Waals surface area (Å²) in [5, 5.41) is 4.57. The molecule has 5 rings (SSSR count). The number of nitrogens with one attached hydrogen (secondary N) is 1. The van der Waals surface area contributed by atoms with E-state index in [1.807, 2.05) is 24.5 Å². The van der Waals surface area contributed by atoms with Gasteiger partial charge in [-0.2, -0.15) is 0 Å². The van der Waals surface area contributed by atoms with Crippen molar-refractivity contribution < 1.29 is 0 Å². The summed E-state index contributed by atoms with van der Waals surface area (Å²) in [6, 6.07) is 20.6. The zero-order chi connectivity index (χ0) is 18.3. The van der Waals surface area contributed by atoms with Crippen molar-refractivity contribution in [2.75, 3.05) is 18.4 Å². The van der Waals surface area contributed by atoms with E-state index in [0.717, 1.165) is 52.7 Å². The fourth-order valence-electron chi connectivity index (χ4n) is 4.12. The van der Waals surface area contributed by atoms with Gasteiger partial charge in [-0.3, -0.25) is 9.98 Å². The second-order valence-electron chi connectivity index (χ2n) is 6.83. The van der Waals surface area contributed by atoms with Crippen LogP contribution < -0.4 is 5.32 Å². The first kappa shape index (κ1) is 16.3. The molecule has 2 aliphatic heterocycles. The number of nitrogens with zero attached hydrogens (tertiary/aromatic N) is 3. The van der Waals surface area contributed by atoms with Crippen LogP contribution in [0.3, 0.4) is 0 Å². The number of fused-ring (bicyclic) bond motifs is 3. The molecule has 2 aromatic carbocycles. The van der Waals surface area contributed by atoms with Crippen LogP contribution in [0.5, 0.6) is 0 Å². The molecule has 0 spiro atoms. The molecule has 4 nitrogen and oxygen atoms in total. The summed E-state index contributed by atoms with van der Waals surface area (Å²) in [6.07, 6.45) is 4.71. The monoisotopic (exact) mass is 374 g/mol. The highest BCUT2D eigenvalue weighted by Crippen LogP contribution is 2.43. The van der Waals surface area contributed by atoms with E-state index in [1.165, 1.54) is 0 Å². The number of anilines is 1. The molecule has 1 atom stereocenters. The van der Waals surface area contributed by atoms with Gasteiger partial charge in [-0.1, -0.05) is 35.9 Å². The van der Waals surface area contributed by atoms with Crippen LogP contribution in [0, 0.1) is 0 Å². The Balaban J connectivity index is 1.81. The predicted molar refractivity (Wildman–Crippen MR) is 109 cm³/mol. The number of aliphatic imine (C=N–C) groups is 1. The van der Waals surface area contributed by atoms with Crippen molar-refractivity contribution >= 4 is 23.1 Å². The normalized spacial score (nSPS) is 20.9. The topological polar surface area (TPSA) is 40.5 Å². The van der Waals surface area contributed by atoms with Crippen molar-refractivity contribution in [3.63, 3.8) is 0 Å². The zero-order valence-corrected chi connectivity index (χ0v) is 15.5. The number of hydrogen-bond donors (Lipinski definition) is 1. The third-order valence-electron chi connectivity index (χ3n) is 5.31. The van der Waals surface area contributed by atoms with Gasteiger partial charge in [0.05, 0.1) is 0 Å². The molecule has 0 fully saturated rings. The van der Waals surface area contributed by atoms with Crippen LogP contribution in [0.2, 0.25) is 5.02 Å². The molecule has 27 heavy (non-hydrogen) atoms. The first-order valence-corrected chi connectivity index (χ1v) is 9.53. The number of benzene rings is 2. The van der Waals surface area contributed by atoms with Gasteiger partial charge in [0.15, 0.2) is 5.66 Å². The molecule has 0 aliphatic carbocycles. The van der Waals surface area contributed by atoms with Gasteiger partial charge in [0.25, 0.3) is 0 Å². The molecule has 5 heteroatoms. The van der Waals surface area contributed by atoms with E-state index in [9.17, 15) is 0 Å². The molecule has 3 aromatic rings. The lowest BCUT2D eigenvalue weighted by Gasteiger charge is -2.52. The lowest BCUT2D eigenvalue weighted by molar-refractivity contribution is 0.235. The molecular weight excluding hydrogens is 356 g/mol. The molecule has 1 unspecified atom stereocenters. The van der Waals surface area contributed by atoms with Crippen molar-refractivity contribution in [2.24, 2.45) is 4.99 Å². The van der Waals surface area contributed by atoms with Gasteiger partial charge in [0.1, 0.15) is 5.84 Å². The van der Waals surface area contributed by atoms with Gasteiger partial charge < -0.3 is 10.2 Å². The van der Waals surface area contributed by atoms with E-state index >= 15 is 0 Å². The van der Waals surface area contributed by atoms with Crippen molar-refractivity contribution in [1.82, 2.24) is 9.88 Å². The summed E-state index contributed by atoms with van der Waals surface area (Å²) in [6.45, 7) is 1.78. The van der Waals surface area contributed by atoms with Crippen molar-refractivity contribution in [1.29, 1.82) is 0 Å². The predicted octanol–water partition coefficient (Wildman–Crippen LogP) is 4.51. The Morgan fingerprint density at radius 3 is 2.48 bits per heavy atom. The summed E-state index contributed by atoms with van der Waals surface area (Å²) in [5.41, 5.74) is 3.93. The van der Waals surface area contributed by atoms with Gasteiger partial charge in [0, 0.05) is 52.9 Å². The molecule has 0 saturated heterocycles. The minimum Gasteiger partial charge on any atom is -0.354 e. The minimum absolute atomic E-state index is 0.554. The standard InChI is InChI=1S/C22H19ClN4/c23-18-8-6-16(7-9-18)22(17-10-13-24-14-11-17)26-20-5-2-1-4-19(20)21-25-12-3-15-27(21)22/h1-2,4-11,13-14,26H,3,12,15H2. The van der Waals surface area contributed by atoms with Crippen LogP contribution in [0.1, 0.15) is 23.1 Å². The Labute approximate surface area is 163 Å². The average Bonchev–Trinajstić information content (AvgIpc) is 2.74. The lowest BCUT2D eigenvalue weighted by Crippen LogP contribution is -2.59. The number of pyridine rings is 1. The minimum atomic E-state index is -0.554. The first-order valence-electron chi connectivity index (χ1n) is 9.15.